The molecule has 2 aliphatic rings. The summed E-state index contributed by atoms with van der Waals surface area (Å²) in [4.78, 5) is 39.4. The number of carbonyl (C=O) groups is 2. The Kier molecular flexibility index (Phi) is 5.54. The van der Waals surface area contributed by atoms with Gasteiger partial charge in [0.25, 0.3) is 0 Å². The predicted octanol–water partition coefficient (Wildman–Crippen LogP) is 2.28. The Morgan fingerprint density at radius 3 is 2.39 bits per heavy atom. The third kappa shape index (κ3) is 4.06. The van der Waals surface area contributed by atoms with Gasteiger partial charge in [0, 0.05) is 25.7 Å². The zero-order chi connectivity index (χ0) is 23.1. The monoisotopic (exact) mass is 447 g/mol. The lowest BCUT2D eigenvalue weighted by molar-refractivity contribution is -0.135. The minimum atomic E-state index is -0.652. The average Bonchev–Trinajstić information content (AvgIpc) is 3.06. The second-order valence-corrected chi connectivity index (χ2v) is 9.22. The predicted molar refractivity (Wildman–Crippen MR) is 127 cm³/mol. The van der Waals surface area contributed by atoms with Gasteiger partial charge in [-0.2, -0.15) is 0 Å². The first-order valence-corrected chi connectivity index (χ1v) is 11.5. The maximum Gasteiger partial charge on any atom is 0.329 e. The van der Waals surface area contributed by atoms with Gasteiger partial charge >= 0.3 is 5.69 Å². The fraction of sp³-hybridized carbons (Fsp3) is 0.400. The van der Waals surface area contributed by atoms with E-state index >= 15 is 0 Å². The summed E-state index contributed by atoms with van der Waals surface area (Å²) in [5.41, 5.74) is 10.4. The van der Waals surface area contributed by atoms with Crippen molar-refractivity contribution in [2.24, 2.45) is 7.05 Å². The van der Waals surface area contributed by atoms with Crippen LogP contribution in [0.1, 0.15) is 48.8 Å². The molecule has 0 radical (unpaired) electrons. The third-order valence-corrected chi connectivity index (χ3v) is 7.08. The van der Waals surface area contributed by atoms with Gasteiger partial charge in [-0.05, 0) is 73.7 Å². The molecule has 1 aromatic heterocycles. The smallest absolute Gasteiger partial charge is 0.329 e. The first kappa shape index (κ1) is 21.5. The molecule has 3 heterocycles. The normalized spacial score (nSPS) is 20.3. The SMILES string of the molecule is Cn1c(=O)n(C2CCC(=O)NC2=O)c2ccc(C3CCN(Cc4ccc(N)cc4)CC3)cc21. The Labute approximate surface area is 192 Å². The van der Waals surface area contributed by atoms with Crippen LogP contribution in [-0.4, -0.2) is 38.9 Å². The quantitative estimate of drug-likeness (QED) is 0.472. The fourth-order valence-corrected chi connectivity index (χ4v) is 5.17. The molecule has 0 spiro atoms. The van der Waals surface area contributed by atoms with Gasteiger partial charge in [-0.25, -0.2) is 4.79 Å². The molecule has 0 bridgehead atoms. The van der Waals surface area contributed by atoms with E-state index in [0.717, 1.165) is 49.2 Å². The molecular formula is C25H29N5O3. The summed E-state index contributed by atoms with van der Waals surface area (Å²) < 4.78 is 3.15. The van der Waals surface area contributed by atoms with Crippen LogP contribution in [0.5, 0.6) is 0 Å². The van der Waals surface area contributed by atoms with E-state index in [0.29, 0.717) is 12.3 Å². The number of aryl methyl sites for hydroxylation is 1. The maximum absolute atomic E-state index is 13.0. The van der Waals surface area contributed by atoms with E-state index in [4.69, 9.17) is 5.73 Å². The van der Waals surface area contributed by atoms with Gasteiger partial charge in [-0.3, -0.25) is 28.9 Å². The van der Waals surface area contributed by atoms with Crippen molar-refractivity contribution in [3.8, 4) is 0 Å². The zero-order valence-electron chi connectivity index (χ0n) is 18.8. The number of nitrogen functional groups attached to an aromatic ring is 1. The number of amides is 2. The van der Waals surface area contributed by atoms with Gasteiger partial charge in [0.05, 0.1) is 11.0 Å². The molecule has 2 fully saturated rings. The van der Waals surface area contributed by atoms with E-state index in [9.17, 15) is 14.4 Å². The van der Waals surface area contributed by atoms with E-state index < -0.39 is 11.9 Å². The number of benzene rings is 2. The lowest BCUT2D eigenvalue weighted by Crippen LogP contribution is -2.44. The Hall–Kier alpha value is -3.39. The van der Waals surface area contributed by atoms with Crippen LogP contribution < -0.4 is 16.7 Å². The number of imide groups is 1. The Balaban J connectivity index is 1.33. The van der Waals surface area contributed by atoms with E-state index in [1.807, 2.05) is 18.2 Å². The molecule has 0 aliphatic carbocycles. The molecule has 3 aromatic rings. The number of anilines is 1. The summed E-state index contributed by atoms with van der Waals surface area (Å²) in [6.07, 6.45) is 2.70. The molecule has 5 rings (SSSR count). The van der Waals surface area contributed by atoms with E-state index in [1.165, 1.54) is 15.7 Å². The third-order valence-electron chi connectivity index (χ3n) is 7.08. The van der Waals surface area contributed by atoms with Crippen molar-refractivity contribution in [1.29, 1.82) is 0 Å². The first-order chi connectivity index (χ1) is 15.9. The van der Waals surface area contributed by atoms with E-state index in [2.05, 4.69) is 34.5 Å². The number of aromatic nitrogens is 2. The highest BCUT2D eigenvalue weighted by atomic mass is 16.2. The van der Waals surface area contributed by atoms with Crippen molar-refractivity contribution in [3.05, 3.63) is 64.1 Å². The number of likely N-dealkylation sites (tertiary alicyclic amines) is 1. The standard InChI is InChI=1S/C25H29N5O3/c1-28-22-14-18(17-10-12-29(13-11-17)15-16-2-5-19(26)6-3-16)4-7-20(22)30(25(28)33)21-8-9-23(31)27-24(21)32/h2-7,14,17,21H,8-13,15,26H2,1H3,(H,27,31,32). The van der Waals surface area contributed by atoms with Crippen molar-refractivity contribution in [1.82, 2.24) is 19.4 Å². The van der Waals surface area contributed by atoms with Gasteiger partial charge in [0.15, 0.2) is 0 Å². The van der Waals surface area contributed by atoms with Crippen molar-refractivity contribution in [2.45, 2.75) is 44.2 Å². The molecule has 2 aliphatic heterocycles. The van der Waals surface area contributed by atoms with Crippen molar-refractivity contribution in [3.63, 3.8) is 0 Å². The summed E-state index contributed by atoms with van der Waals surface area (Å²) in [6.45, 7) is 2.96. The van der Waals surface area contributed by atoms with Crippen molar-refractivity contribution >= 4 is 28.5 Å². The summed E-state index contributed by atoms with van der Waals surface area (Å²) in [5, 5.41) is 2.36. The molecule has 1 unspecified atom stereocenters. The number of imidazole rings is 1. The molecule has 8 nitrogen and oxygen atoms in total. The van der Waals surface area contributed by atoms with E-state index in [-0.39, 0.29) is 18.0 Å². The summed E-state index contributed by atoms with van der Waals surface area (Å²) >= 11 is 0. The van der Waals surface area contributed by atoms with Crippen LogP contribution in [0.3, 0.4) is 0 Å². The number of nitrogens with zero attached hydrogens (tertiary/aromatic N) is 3. The number of nitrogens with two attached hydrogens (primary N) is 1. The van der Waals surface area contributed by atoms with Gasteiger partial charge in [-0.15, -0.1) is 0 Å². The summed E-state index contributed by atoms with van der Waals surface area (Å²) in [7, 11) is 1.74. The zero-order valence-corrected chi connectivity index (χ0v) is 18.8. The number of carbonyl (C=O) groups excluding carboxylic acids is 2. The molecule has 0 saturated carbocycles. The fourth-order valence-electron chi connectivity index (χ4n) is 5.17. The number of hydrogen-bond acceptors (Lipinski definition) is 5. The molecule has 2 saturated heterocycles. The lowest BCUT2D eigenvalue weighted by Gasteiger charge is -2.32. The van der Waals surface area contributed by atoms with Crippen LogP contribution >= 0.6 is 0 Å². The number of rotatable bonds is 4. The molecule has 33 heavy (non-hydrogen) atoms. The Bertz CT molecular complexity index is 1270. The van der Waals surface area contributed by atoms with Gasteiger partial charge in [-0.1, -0.05) is 18.2 Å². The number of fused-ring (bicyclic) bond motifs is 1. The van der Waals surface area contributed by atoms with Gasteiger partial charge in [0.1, 0.15) is 6.04 Å². The minimum absolute atomic E-state index is 0.227. The average molecular weight is 448 g/mol. The Morgan fingerprint density at radius 1 is 0.970 bits per heavy atom. The second kappa shape index (κ2) is 8.51. The molecule has 2 amide bonds. The van der Waals surface area contributed by atoms with Gasteiger partial charge < -0.3 is 5.73 Å². The first-order valence-electron chi connectivity index (χ1n) is 11.5. The summed E-state index contributed by atoms with van der Waals surface area (Å²) in [6, 6.07) is 13.6. The Morgan fingerprint density at radius 2 is 1.70 bits per heavy atom. The number of hydrogen-bond donors (Lipinski definition) is 2. The van der Waals surface area contributed by atoms with E-state index in [1.54, 1.807) is 11.6 Å². The highest BCUT2D eigenvalue weighted by Gasteiger charge is 2.31. The van der Waals surface area contributed by atoms with Crippen molar-refractivity contribution < 1.29 is 9.59 Å². The largest absolute Gasteiger partial charge is 0.399 e. The molecule has 172 valence electrons. The van der Waals surface area contributed by atoms with Gasteiger partial charge in [0.2, 0.25) is 11.8 Å². The highest BCUT2D eigenvalue weighted by Crippen LogP contribution is 2.31. The molecule has 3 N–H and O–H groups in total. The molecular weight excluding hydrogens is 418 g/mol. The van der Waals surface area contributed by atoms with Crippen LogP contribution in [0, 0.1) is 0 Å². The number of piperidine rings is 2. The highest BCUT2D eigenvalue weighted by molar-refractivity contribution is 6.00. The topological polar surface area (TPSA) is 102 Å². The van der Waals surface area contributed by atoms with Crippen LogP contribution in [0.15, 0.2) is 47.3 Å². The van der Waals surface area contributed by atoms with Crippen LogP contribution in [0.2, 0.25) is 0 Å². The van der Waals surface area contributed by atoms with Crippen LogP contribution in [-0.2, 0) is 23.2 Å². The lowest BCUT2D eigenvalue weighted by atomic mass is 9.89. The molecule has 8 heteroatoms. The molecule has 2 aromatic carbocycles. The molecule has 1 atom stereocenters. The van der Waals surface area contributed by atoms with Crippen LogP contribution in [0.25, 0.3) is 11.0 Å². The second-order valence-electron chi connectivity index (χ2n) is 9.22. The summed E-state index contributed by atoms with van der Waals surface area (Å²) in [5.74, 6) is -0.251. The van der Waals surface area contributed by atoms with Crippen LogP contribution in [0.4, 0.5) is 5.69 Å². The minimum Gasteiger partial charge on any atom is -0.399 e. The maximum atomic E-state index is 13.0. The number of nitrogens with one attached hydrogen (secondary N) is 1. The van der Waals surface area contributed by atoms with Crippen molar-refractivity contribution in [2.75, 3.05) is 18.8 Å².